The van der Waals surface area contributed by atoms with Crippen molar-refractivity contribution in [1.29, 1.82) is 0 Å². The molecule has 10 heteroatoms. The number of carbonyl (C=O) groups is 2. The molecule has 0 saturated carbocycles. The Hall–Kier alpha value is -5.09. The van der Waals surface area contributed by atoms with Gasteiger partial charge in [0.05, 0.1) is 35.5 Å². The molecule has 5 aromatic rings. The molecule has 212 valence electrons. The topological polar surface area (TPSA) is 111 Å². The molecule has 1 N–H and O–H groups in total. The van der Waals surface area contributed by atoms with Gasteiger partial charge in [0.15, 0.2) is 28.0 Å². The summed E-state index contributed by atoms with van der Waals surface area (Å²) in [6, 6.07) is 18.3. The molecular formula is C32H26N2O7S. The van der Waals surface area contributed by atoms with E-state index in [0.717, 1.165) is 4.70 Å². The molecule has 3 heterocycles. The van der Waals surface area contributed by atoms with Gasteiger partial charge in [-0.05, 0) is 55.0 Å². The van der Waals surface area contributed by atoms with Crippen LogP contribution < -0.4 is 19.1 Å². The fourth-order valence-corrected chi connectivity index (χ4v) is 5.99. The van der Waals surface area contributed by atoms with Crippen LogP contribution in [0.25, 0.3) is 21.2 Å². The number of hydrogen-bond acceptors (Lipinski definition) is 9. The van der Waals surface area contributed by atoms with Gasteiger partial charge in [-0.15, -0.1) is 0 Å². The smallest absolute Gasteiger partial charge is 0.296 e. The van der Waals surface area contributed by atoms with Gasteiger partial charge in [-0.2, -0.15) is 0 Å². The number of benzene rings is 3. The number of methoxy groups -OCH3 is 1. The second-order valence-electron chi connectivity index (χ2n) is 9.39. The van der Waals surface area contributed by atoms with E-state index in [1.54, 1.807) is 66.7 Å². The highest BCUT2D eigenvalue weighted by molar-refractivity contribution is 7.22. The van der Waals surface area contributed by atoms with E-state index in [4.69, 9.17) is 18.6 Å². The minimum Gasteiger partial charge on any atom is -0.503 e. The van der Waals surface area contributed by atoms with Crippen molar-refractivity contribution in [3.05, 3.63) is 102 Å². The number of amides is 1. The number of carbonyl (C=O) groups excluding carboxylic acids is 2. The molecule has 6 rings (SSSR count). The van der Waals surface area contributed by atoms with E-state index in [0.29, 0.717) is 51.0 Å². The summed E-state index contributed by atoms with van der Waals surface area (Å²) in [5.41, 5.74) is 1.45. The predicted octanol–water partition coefficient (Wildman–Crippen LogP) is 6.80. The molecule has 0 saturated heterocycles. The lowest BCUT2D eigenvalue weighted by Gasteiger charge is -2.24. The predicted molar refractivity (Wildman–Crippen MR) is 160 cm³/mol. The van der Waals surface area contributed by atoms with Crippen LogP contribution in [-0.4, -0.2) is 42.1 Å². The van der Waals surface area contributed by atoms with Crippen molar-refractivity contribution in [3.63, 3.8) is 0 Å². The highest BCUT2D eigenvalue weighted by atomic mass is 32.1. The molecule has 9 nitrogen and oxygen atoms in total. The molecule has 0 bridgehead atoms. The number of aliphatic hydroxyl groups excluding tert-OH is 1. The zero-order valence-corrected chi connectivity index (χ0v) is 23.6. The van der Waals surface area contributed by atoms with Gasteiger partial charge in [-0.1, -0.05) is 48.3 Å². The minimum atomic E-state index is -1.01. The Kier molecular flexibility index (Phi) is 7.13. The van der Waals surface area contributed by atoms with E-state index in [1.165, 1.54) is 23.3 Å². The molecule has 1 aliphatic rings. The Morgan fingerprint density at radius 2 is 1.93 bits per heavy atom. The van der Waals surface area contributed by atoms with E-state index in [1.807, 2.05) is 13.0 Å². The maximum absolute atomic E-state index is 14.1. The Bertz CT molecular complexity index is 1890. The maximum Gasteiger partial charge on any atom is 0.296 e. The Morgan fingerprint density at radius 1 is 1.12 bits per heavy atom. The van der Waals surface area contributed by atoms with Gasteiger partial charge in [0.1, 0.15) is 18.1 Å². The van der Waals surface area contributed by atoms with Crippen molar-refractivity contribution in [2.75, 3.05) is 25.2 Å². The summed E-state index contributed by atoms with van der Waals surface area (Å²) >= 11 is 1.26. The standard InChI is InChI=1S/C32H26N2O7S/c1-4-14-40-20-10-6-8-18(15-20)27-26(28(35)24-16-19-9-7-11-23(38-3)30(19)41-24)29(36)31(37)34(27)32-33-22-13-12-21(39-5-2)17-25(22)42-32/h4,6-13,15-17,27,36H,1,5,14H2,2-3H3. The summed E-state index contributed by atoms with van der Waals surface area (Å²) < 4.78 is 23.5. The number of aromatic nitrogens is 1. The van der Waals surface area contributed by atoms with Gasteiger partial charge < -0.3 is 23.7 Å². The molecule has 1 atom stereocenters. The third-order valence-corrected chi connectivity index (χ3v) is 7.83. The van der Waals surface area contributed by atoms with Crippen molar-refractivity contribution < 1.29 is 33.3 Å². The number of hydrogen-bond donors (Lipinski definition) is 1. The van der Waals surface area contributed by atoms with Crippen LogP contribution in [0.1, 0.15) is 29.1 Å². The number of aliphatic hydroxyl groups is 1. The highest BCUT2D eigenvalue weighted by Gasteiger charge is 2.46. The molecular weight excluding hydrogens is 556 g/mol. The summed E-state index contributed by atoms with van der Waals surface area (Å²) in [4.78, 5) is 33.8. The van der Waals surface area contributed by atoms with Crippen molar-refractivity contribution >= 4 is 49.3 Å². The zero-order chi connectivity index (χ0) is 29.4. The number of nitrogens with zero attached hydrogens (tertiary/aromatic N) is 2. The second kappa shape index (κ2) is 11.1. The Labute approximate surface area is 244 Å². The lowest BCUT2D eigenvalue weighted by atomic mass is 9.95. The quantitative estimate of drug-likeness (QED) is 0.141. The van der Waals surface area contributed by atoms with E-state index in [2.05, 4.69) is 11.6 Å². The number of anilines is 1. The van der Waals surface area contributed by atoms with Crippen LogP contribution in [0.15, 0.2) is 95.1 Å². The summed E-state index contributed by atoms with van der Waals surface area (Å²) in [5.74, 6) is -0.462. The van der Waals surface area contributed by atoms with Crippen LogP contribution >= 0.6 is 11.3 Å². The molecule has 0 spiro atoms. The van der Waals surface area contributed by atoms with Gasteiger partial charge in [0.2, 0.25) is 5.78 Å². The van der Waals surface area contributed by atoms with Gasteiger partial charge >= 0.3 is 0 Å². The second-order valence-corrected chi connectivity index (χ2v) is 10.4. The van der Waals surface area contributed by atoms with E-state index in [-0.39, 0.29) is 17.9 Å². The first-order chi connectivity index (χ1) is 20.4. The SMILES string of the molecule is C=CCOc1cccc(C2C(C(=O)c3cc4cccc(OC)c4o3)=C(O)C(=O)N2c2nc3ccc(OCC)cc3s2)c1. The summed E-state index contributed by atoms with van der Waals surface area (Å²) in [6.45, 7) is 6.36. The van der Waals surface area contributed by atoms with Gasteiger partial charge in [-0.25, -0.2) is 4.98 Å². The third kappa shape index (κ3) is 4.65. The number of para-hydroxylation sites is 1. The minimum absolute atomic E-state index is 0.0413. The van der Waals surface area contributed by atoms with Crippen molar-refractivity contribution in [2.24, 2.45) is 0 Å². The van der Waals surface area contributed by atoms with Crippen LogP contribution in [0.3, 0.4) is 0 Å². The first kappa shape index (κ1) is 27.1. The number of furan rings is 1. The highest BCUT2D eigenvalue weighted by Crippen LogP contribution is 2.45. The van der Waals surface area contributed by atoms with Crippen LogP contribution in [0.2, 0.25) is 0 Å². The van der Waals surface area contributed by atoms with E-state index >= 15 is 0 Å². The monoisotopic (exact) mass is 582 g/mol. The number of ether oxygens (including phenoxy) is 3. The van der Waals surface area contributed by atoms with Crippen LogP contribution in [0.4, 0.5) is 5.13 Å². The summed E-state index contributed by atoms with van der Waals surface area (Å²) in [5, 5.41) is 12.2. The average Bonchev–Trinajstić information content (AvgIpc) is 3.70. The van der Waals surface area contributed by atoms with Crippen LogP contribution in [0, 0.1) is 0 Å². The van der Waals surface area contributed by atoms with Crippen molar-refractivity contribution in [3.8, 4) is 17.2 Å². The van der Waals surface area contributed by atoms with Crippen LogP contribution in [-0.2, 0) is 4.79 Å². The van der Waals surface area contributed by atoms with Crippen molar-refractivity contribution in [1.82, 2.24) is 4.98 Å². The normalized spacial score (nSPS) is 15.0. The summed E-state index contributed by atoms with van der Waals surface area (Å²) in [7, 11) is 1.51. The molecule has 1 amide bonds. The Balaban J connectivity index is 1.49. The number of rotatable bonds is 10. The number of Topliss-reactive ketones (excluding diaryl/α,β-unsaturated/α-hetero) is 1. The molecule has 1 unspecified atom stereocenters. The van der Waals surface area contributed by atoms with Crippen molar-refractivity contribution in [2.45, 2.75) is 13.0 Å². The summed E-state index contributed by atoms with van der Waals surface area (Å²) in [6.07, 6.45) is 1.62. The first-order valence-corrected chi connectivity index (χ1v) is 14.0. The molecule has 2 aromatic heterocycles. The van der Waals surface area contributed by atoms with Gasteiger partial charge in [-0.3, -0.25) is 14.5 Å². The first-order valence-electron chi connectivity index (χ1n) is 13.2. The fourth-order valence-electron chi connectivity index (χ4n) is 4.97. The molecule has 1 aliphatic heterocycles. The number of fused-ring (bicyclic) bond motifs is 2. The largest absolute Gasteiger partial charge is 0.503 e. The maximum atomic E-state index is 14.1. The lowest BCUT2D eigenvalue weighted by Crippen LogP contribution is -2.31. The zero-order valence-electron chi connectivity index (χ0n) is 22.8. The lowest BCUT2D eigenvalue weighted by molar-refractivity contribution is -0.117. The molecule has 42 heavy (non-hydrogen) atoms. The van der Waals surface area contributed by atoms with E-state index < -0.39 is 23.5 Å². The Morgan fingerprint density at radius 3 is 2.71 bits per heavy atom. The van der Waals surface area contributed by atoms with Gasteiger partial charge in [0, 0.05) is 5.39 Å². The molecule has 0 radical (unpaired) electrons. The molecule has 0 aliphatic carbocycles. The molecule has 0 fully saturated rings. The van der Waals surface area contributed by atoms with Crippen LogP contribution in [0.5, 0.6) is 17.2 Å². The number of ketones is 1. The van der Waals surface area contributed by atoms with E-state index in [9.17, 15) is 14.7 Å². The van der Waals surface area contributed by atoms with Gasteiger partial charge in [0.25, 0.3) is 5.91 Å². The average molecular weight is 583 g/mol. The number of thiazole rings is 1. The molecule has 3 aromatic carbocycles. The third-order valence-electron chi connectivity index (χ3n) is 6.81. The fraction of sp³-hybridized carbons (Fsp3) is 0.156.